The van der Waals surface area contributed by atoms with E-state index in [0.29, 0.717) is 41.3 Å². The molecule has 1 aliphatic rings. The summed E-state index contributed by atoms with van der Waals surface area (Å²) in [6, 6.07) is 4.40. The van der Waals surface area contributed by atoms with E-state index in [1.54, 1.807) is 12.3 Å². The fraction of sp³-hybridized carbons (Fsp3) is 0.286. The number of hydrogen-bond donors (Lipinski definition) is 5. The van der Waals surface area contributed by atoms with Gasteiger partial charge in [0.05, 0.1) is 29.4 Å². The summed E-state index contributed by atoms with van der Waals surface area (Å²) in [6.07, 6.45) is 4.10. The zero-order valence-electron chi connectivity index (χ0n) is 16.8. The second-order valence-electron chi connectivity index (χ2n) is 7.77. The van der Waals surface area contributed by atoms with Crippen LogP contribution in [-0.2, 0) is 4.74 Å². The van der Waals surface area contributed by atoms with E-state index in [2.05, 4.69) is 30.8 Å². The number of fused-ring (bicyclic) bond motifs is 2. The molecule has 10 heteroatoms. The fourth-order valence-electron chi connectivity index (χ4n) is 3.97. The molecule has 2 atom stereocenters. The van der Waals surface area contributed by atoms with E-state index in [1.807, 2.05) is 13.1 Å². The summed E-state index contributed by atoms with van der Waals surface area (Å²) in [7, 11) is 0. The molecule has 4 aromatic rings. The molecule has 1 saturated heterocycles. The zero-order valence-corrected chi connectivity index (χ0v) is 16.8. The Labute approximate surface area is 176 Å². The topological polar surface area (TPSA) is 134 Å². The lowest BCUT2D eigenvalue weighted by Gasteiger charge is -2.30. The summed E-state index contributed by atoms with van der Waals surface area (Å²) >= 11 is 0. The smallest absolute Gasteiger partial charge is 0.275 e. The summed E-state index contributed by atoms with van der Waals surface area (Å²) in [6.45, 7) is 2.97. The maximum Gasteiger partial charge on any atom is 0.275 e. The normalized spacial score (nSPS) is 19.1. The van der Waals surface area contributed by atoms with Crippen LogP contribution in [0.25, 0.3) is 21.7 Å². The van der Waals surface area contributed by atoms with Gasteiger partial charge in [-0.1, -0.05) is 0 Å². The number of nitrogens with one attached hydrogen (secondary N) is 4. The van der Waals surface area contributed by atoms with Crippen molar-refractivity contribution in [3.63, 3.8) is 0 Å². The fourth-order valence-corrected chi connectivity index (χ4v) is 3.97. The number of nitrogens with two attached hydrogens (primary N) is 1. The van der Waals surface area contributed by atoms with Gasteiger partial charge in [0.15, 0.2) is 0 Å². The third-order valence-corrected chi connectivity index (χ3v) is 5.59. The van der Waals surface area contributed by atoms with Crippen LogP contribution >= 0.6 is 0 Å². The van der Waals surface area contributed by atoms with Crippen LogP contribution in [0.2, 0.25) is 0 Å². The van der Waals surface area contributed by atoms with Crippen LogP contribution in [0.4, 0.5) is 21.7 Å². The summed E-state index contributed by atoms with van der Waals surface area (Å²) in [5, 5.41) is 14.5. The first-order valence-electron chi connectivity index (χ1n) is 10.0. The quantitative estimate of drug-likeness (QED) is 0.340. The number of halogens is 1. The van der Waals surface area contributed by atoms with E-state index in [4.69, 9.17) is 10.5 Å². The van der Waals surface area contributed by atoms with Gasteiger partial charge in [-0.3, -0.25) is 4.79 Å². The molecule has 3 aromatic heterocycles. The third kappa shape index (κ3) is 3.60. The molecular weight excluding hydrogens is 401 g/mol. The molecule has 9 nitrogen and oxygen atoms in total. The SMILES string of the molecule is Cc1c[nH]c2c(Nc3nc(N[C@@H]4CCOCC4N)cc4cn[nH]c(=O)c34)cc(F)cc12. The van der Waals surface area contributed by atoms with Crippen molar-refractivity contribution in [2.45, 2.75) is 25.4 Å². The number of aromatic nitrogens is 4. The molecule has 0 aliphatic carbocycles. The van der Waals surface area contributed by atoms with Crippen LogP contribution in [0.3, 0.4) is 0 Å². The van der Waals surface area contributed by atoms with Crippen LogP contribution in [0.5, 0.6) is 0 Å². The average Bonchev–Trinajstić information content (AvgIpc) is 3.10. The number of ether oxygens (including phenoxy) is 1. The molecule has 0 radical (unpaired) electrons. The maximum absolute atomic E-state index is 14.3. The first kappa shape index (κ1) is 19.5. The van der Waals surface area contributed by atoms with E-state index in [0.717, 1.165) is 22.9 Å². The minimum atomic E-state index is -0.392. The molecule has 31 heavy (non-hydrogen) atoms. The molecule has 0 bridgehead atoms. The highest BCUT2D eigenvalue weighted by Gasteiger charge is 2.23. The summed E-state index contributed by atoms with van der Waals surface area (Å²) in [4.78, 5) is 20.3. The number of anilines is 3. The second kappa shape index (κ2) is 7.64. The van der Waals surface area contributed by atoms with E-state index >= 15 is 0 Å². The molecule has 1 aromatic carbocycles. The Kier molecular flexibility index (Phi) is 4.79. The molecule has 1 aliphatic heterocycles. The summed E-state index contributed by atoms with van der Waals surface area (Å²) in [5.74, 6) is 0.448. The minimum absolute atomic E-state index is 0.0200. The molecular formula is C21H22FN7O2. The Balaban J connectivity index is 1.61. The molecule has 4 heterocycles. The molecule has 1 fully saturated rings. The van der Waals surface area contributed by atoms with Gasteiger partial charge in [-0.15, -0.1) is 0 Å². The predicted molar refractivity (Wildman–Crippen MR) is 117 cm³/mol. The largest absolute Gasteiger partial charge is 0.380 e. The van der Waals surface area contributed by atoms with Crippen LogP contribution in [0.1, 0.15) is 12.0 Å². The van der Waals surface area contributed by atoms with Gasteiger partial charge >= 0.3 is 0 Å². The van der Waals surface area contributed by atoms with Gasteiger partial charge < -0.3 is 26.1 Å². The Morgan fingerprint density at radius 3 is 3.03 bits per heavy atom. The van der Waals surface area contributed by atoms with Gasteiger partial charge in [0.1, 0.15) is 17.5 Å². The van der Waals surface area contributed by atoms with Crippen molar-refractivity contribution in [1.82, 2.24) is 20.2 Å². The number of aromatic amines is 2. The Morgan fingerprint density at radius 2 is 2.19 bits per heavy atom. The lowest BCUT2D eigenvalue weighted by Crippen LogP contribution is -2.47. The second-order valence-corrected chi connectivity index (χ2v) is 7.77. The maximum atomic E-state index is 14.3. The van der Waals surface area contributed by atoms with Crippen molar-refractivity contribution >= 4 is 39.0 Å². The van der Waals surface area contributed by atoms with Crippen LogP contribution in [-0.4, -0.2) is 45.5 Å². The Hall–Kier alpha value is -3.50. The van der Waals surface area contributed by atoms with Crippen molar-refractivity contribution < 1.29 is 9.13 Å². The predicted octanol–water partition coefficient (Wildman–Crippen LogP) is 2.52. The number of hydrogen-bond acceptors (Lipinski definition) is 7. The Morgan fingerprint density at radius 1 is 1.32 bits per heavy atom. The number of benzene rings is 1. The monoisotopic (exact) mass is 423 g/mol. The summed E-state index contributed by atoms with van der Waals surface area (Å²) < 4.78 is 19.7. The van der Waals surface area contributed by atoms with Crippen molar-refractivity contribution in [3.8, 4) is 0 Å². The van der Waals surface area contributed by atoms with Gasteiger partial charge in [-0.25, -0.2) is 14.5 Å². The molecule has 1 unspecified atom stereocenters. The first-order valence-corrected chi connectivity index (χ1v) is 10.0. The zero-order chi connectivity index (χ0) is 21.5. The molecule has 6 N–H and O–H groups in total. The molecule has 160 valence electrons. The van der Waals surface area contributed by atoms with E-state index in [9.17, 15) is 9.18 Å². The van der Waals surface area contributed by atoms with E-state index in [-0.39, 0.29) is 17.9 Å². The third-order valence-electron chi connectivity index (χ3n) is 5.59. The summed E-state index contributed by atoms with van der Waals surface area (Å²) in [5.41, 5.74) is 7.89. The molecule has 0 amide bonds. The van der Waals surface area contributed by atoms with Gasteiger partial charge in [-0.05, 0) is 37.1 Å². The van der Waals surface area contributed by atoms with Crippen molar-refractivity contribution in [1.29, 1.82) is 0 Å². The van der Waals surface area contributed by atoms with Gasteiger partial charge in [0.25, 0.3) is 5.56 Å². The van der Waals surface area contributed by atoms with Crippen LogP contribution < -0.4 is 21.9 Å². The lowest BCUT2D eigenvalue weighted by molar-refractivity contribution is 0.0752. The highest BCUT2D eigenvalue weighted by Crippen LogP contribution is 2.31. The first-order chi connectivity index (χ1) is 15.0. The van der Waals surface area contributed by atoms with Crippen LogP contribution in [0.15, 0.2) is 35.4 Å². The molecule has 0 spiro atoms. The number of nitrogens with zero attached hydrogens (tertiary/aromatic N) is 2. The average molecular weight is 423 g/mol. The van der Waals surface area contributed by atoms with Crippen molar-refractivity contribution in [2.24, 2.45) is 5.73 Å². The molecule has 5 rings (SSSR count). The van der Waals surface area contributed by atoms with Gasteiger partial charge in [-0.2, -0.15) is 5.10 Å². The van der Waals surface area contributed by atoms with E-state index < -0.39 is 5.56 Å². The van der Waals surface area contributed by atoms with Gasteiger partial charge in [0.2, 0.25) is 0 Å². The van der Waals surface area contributed by atoms with E-state index in [1.165, 1.54) is 12.1 Å². The molecule has 0 saturated carbocycles. The Bertz CT molecular complexity index is 1330. The highest BCUT2D eigenvalue weighted by atomic mass is 19.1. The van der Waals surface area contributed by atoms with Crippen molar-refractivity contribution in [3.05, 3.63) is 52.3 Å². The highest BCUT2D eigenvalue weighted by molar-refractivity contribution is 5.99. The number of rotatable bonds is 4. The van der Waals surface area contributed by atoms with Gasteiger partial charge in [0, 0.05) is 35.7 Å². The number of pyridine rings is 1. The standard InChI is InChI=1S/C21H22FN7O2/c1-10-7-24-19-13(10)5-12(22)6-16(19)27-20-18-11(8-25-29-21(18)30)4-17(28-20)26-15-2-3-31-9-14(15)23/h4-8,14-15,24H,2-3,9,23H2,1H3,(H,29,30)(H2,26,27,28)/t14?,15-/m1/s1. The number of H-pyrrole nitrogens is 2. The minimum Gasteiger partial charge on any atom is -0.380 e. The number of aryl methyl sites for hydroxylation is 1. The van der Waals surface area contributed by atoms with Crippen molar-refractivity contribution in [2.75, 3.05) is 23.8 Å². The van der Waals surface area contributed by atoms with Crippen LogP contribution in [0, 0.1) is 12.7 Å². The lowest BCUT2D eigenvalue weighted by atomic mass is 10.0.